The van der Waals surface area contributed by atoms with Crippen LogP contribution in [0.15, 0.2) is 60.7 Å². The molecule has 1 aromatic heterocycles. The van der Waals surface area contributed by atoms with Crippen molar-refractivity contribution in [2.24, 2.45) is 11.5 Å². The molecule has 1 aliphatic carbocycles. The summed E-state index contributed by atoms with van der Waals surface area (Å²) in [5.74, 6) is 0.491. The Hall–Kier alpha value is -4.13. The number of aromatic nitrogens is 1. The summed E-state index contributed by atoms with van der Waals surface area (Å²) < 4.78 is 11.7. The van der Waals surface area contributed by atoms with Crippen LogP contribution in [0.5, 0.6) is 5.75 Å². The summed E-state index contributed by atoms with van der Waals surface area (Å²) in [6.45, 7) is 2.25. The van der Waals surface area contributed by atoms with E-state index in [2.05, 4.69) is 21.7 Å². The molecule has 3 aromatic rings. The van der Waals surface area contributed by atoms with Crippen LogP contribution >= 0.6 is 0 Å². The maximum absolute atomic E-state index is 12.2. The van der Waals surface area contributed by atoms with Gasteiger partial charge in [-0.3, -0.25) is 4.79 Å². The Kier molecular flexibility index (Phi) is 8.56. The Morgan fingerprint density at radius 3 is 2.65 bits per heavy atom. The lowest BCUT2D eigenvalue weighted by atomic mass is 9.91. The van der Waals surface area contributed by atoms with Gasteiger partial charge >= 0.3 is 0 Å². The van der Waals surface area contributed by atoms with Crippen LogP contribution in [-0.2, 0) is 11.3 Å². The summed E-state index contributed by atoms with van der Waals surface area (Å²) in [6.07, 6.45) is 3.44. The number of nitrogens with two attached hydrogens (primary N) is 2. The molecule has 9 heteroatoms. The van der Waals surface area contributed by atoms with Crippen molar-refractivity contribution < 1.29 is 14.3 Å². The molecule has 1 aliphatic rings. The maximum atomic E-state index is 12.2. The first-order valence-electron chi connectivity index (χ1n) is 12.4. The second-order valence-corrected chi connectivity index (χ2v) is 9.09. The largest absolute Gasteiger partial charge is 0.465 e. The van der Waals surface area contributed by atoms with Gasteiger partial charge in [0.15, 0.2) is 6.29 Å². The molecule has 0 spiro atoms. The number of nitrogens with zero attached hydrogens (tertiary/aromatic N) is 2. The van der Waals surface area contributed by atoms with E-state index in [1.807, 2.05) is 55.5 Å². The Labute approximate surface area is 216 Å². The van der Waals surface area contributed by atoms with Crippen molar-refractivity contribution in [2.75, 3.05) is 10.6 Å². The molecule has 37 heavy (non-hydrogen) atoms. The van der Waals surface area contributed by atoms with Crippen molar-refractivity contribution in [3.8, 4) is 11.8 Å². The van der Waals surface area contributed by atoms with Gasteiger partial charge in [-0.1, -0.05) is 49.2 Å². The van der Waals surface area contributed by atoms with Crippen LogP contribution in [0.1, 0.15) is 54.1 Å². The van der Waals surface area contributed by atoms with Crippen LogP contribution in [0.3, 0.4) is 0 Å². The van der Waals surface area contributed by atoms with Crippen LogP contribution in [0.2, 0.25) is 0 Å². The molecule has 1 amide bonds. The van der Waals surface area contributed by atoms with Crippen LogP contribution in [0.4, 0.5) is 17.3 Å². The summed E-state index contributed by atoms with van der Waals surface area (Å²) in [5.41, 5.74) is 13.9. The Morgan fingerprint density at radius 1 is 1.14 bits per heavy atom. The molecule has 192 valence electrons. The average Bonchev–Trinajstić information content (AvgIpc) is 2.89. The molecule has 3 unspecified atom stereocenters. The minimum Gasteiger partial charge on any atom is -0.465 e. The minimum atomic E-state index is -0.692. The fourth-order valence-electron chi connectivity index (χ4n) is 4.30. The van der Waals surface area contributed by atoms with E-state index in [4.69, 9.17) is 20.9 Å². The molecule has 3 atom stereocenters. The molecule has 0 saturated heterocycles. The van der Waals surface area contributed by atoms with Crippen molar-refractivity contribution in [2.45, 2.75) is 57.6 Å². The number of benzene rings is 2. The Bertz CT molecular complexity index is 1260. The minimum absolute atomic E-state index is 0.00488. The van der Waals surface area contributed by atoms with E-state index in [0.29, 0.717) is 23.9 Å². The number of nitriles is 1. The van der Waals surface area contributed by atoms with E-state index in [1.54, 1.807) is 6.07 Å². The van der Waals surface area contributed by atoms with Gasteiger partial charge in [0, 0.05) is 23.8 Å². The second-order valence-electron chi connectivity index (χ2n) is 9.09. The first kappa shape index (κ1) is 25.9. The zero-order valence-corrected chi connectivity index (χ0v) is 20.8. The average molecular weight is 501 g/mol. The molecule has 4 rings (SSSR count). The summed E-state index contributed by atoms with van der Waals surface area (Å²) in [6, 6.07) is 20.6. The molecule has 1 heterocycles. The van der Waals surface area contributed by atoms with Crippen LogP contribution < -0.4 is 26.8 Å². The van der Waals surface area contributed by atoms with Gasteiger partial charge in [-0.25, -0.2) is 4.98 Å². The second kappa shape index (κ2) is 12.2. The molecular formula is C28H32N6O3. The van der Waals surface area contributed by atoms with Gasteiger partial charge in [-0.05, 0) is 43.5 Å². The van der Waals surface area contributed by atoms with E-state index >= 15 is 0 Å². The molecule has 1 fully saturated rings. The predicted molar refractivity (Wildman–Crippen MR) is 142 cm³/mol. The van der Waals surface area contributed by atoms with Gasteiger partial charge < -0.3 is 31.6 Å². The van der Waals surface area contributed by atoms with E-state index in [9.17, 15) is 10.1 Å². The SMILES string of the molecule is CC(OCc1ccccc1)Oc1cccc(Nc2nc(NC3CCCCC3N)c(C#N)cc2C(N)=O)c1. The van der Waals surface area contributed by atoms with Crippen LogP contribution in [-0.4, -0.2) is 29.3 Å². The molecular weight excluding hydrogens is 468 g/mol. The Balaban J connectivity index is 1.50. The summed E-state index contributed by atoms with van der Waals surface area (Å²) in [4.78, 5) is 16.8. The van der Waals surface area contributed by atoms with Crippen molar-refractivity contribution in [1.82, 2.24) is 4.98 Å². The number of hydrogen-bond donors (Lipinski definition) is 4. The molecule has 2 aromatic carbocycles. The molecule has 6 N–H and O–H groups in total. The molecule has 9 nitrogen and oxygen atoms in total. The van der Waals surface area contributed by atoms with Gasteiger partial charge in [0.05, 0.1) is 17.7 Å². The lowest BCUT2D eigenvalue weighted by molar-refractivity contribution is -0.0758. The zero-order chi connectivity index (χ0) is 26.2. The number of hydrogen-bond acceptors (Lipinski definition) is 8. The highest BCUT2D eigenvalue weighted by Crippen LogP contribution is 2.28. The van der Waals surface area contributed by atoms with E-state index in [1.165, 1.54) is 6.07 Å². The normalized spacial score (nSPS) is 17.9. The standard InChI is InChI=1S/C28H32N6O3/c1-18(36-17-19-8-3-2-4-9-19)37-22-11-7-10-21(15-22)32-28-23(26(31)35)14-20(16-29)27(34-28)33-25-13-6-5-12-24(25)30/h2-4,7-11,14-15,18,24-25H,5-6,12-13,17,30H2,1H3,(H2,31,35)(H2,32,33,34). The fraction of sp³-hybridized carbons (Fsp3) is 0.321. The highest BCUT2D eigenvalue weighted by atomic mass is 16.7. The number of nitrogens with one attached hydrogen (secondary N) is 2. The number of anilines is 3. The van der Waals surface area contributed by atoms with Crippen molar-refractivity contribution in [3.05, 3.63) is 77.4 Å². The van der Waals surface area contributed by atoms with Gasteiger partial charge in [0.1, 0.15) is 23.5 Å². The number of amides is 1. The highest BCUT2D eigenvalue weighted by Gasteiger charge is 2.24. The van der Waals surface area contributed by atoms with Crippen molar-refractivity contribution >= 4 is 23.2 Å². The van der Waals surface area contributed by atoms with E-state index in [0.717, 1.165) is 31.2 Å². The number of carbonyl (C=O) groups is 1. The number of pyridine rings is 1. The van der Waals surface area contributed by atoms with Gasteiger partial charge in [-0.15, -0.1) is 0 Å². The lowest BCUT2D eigenvalue weighted by Gasteiger charge is -2.30. The van der Waals surface area contributed by atoms with Crippen molar-refractivity contribution in [3.63, 3.8) is 0 Å². The van der Waals surface area contributed by atoms with Crippen LogP contribution in [0.25, 0.3) is 0 Å². The molecule has 0 radical (unpaired) electrons. The van der Waals surface area contributed by atoms with Gasteiger partial charge in [0.25, 0.3) is 5.91 Å². The smallest absolute Gasteiger partial charge is 0.252 e. The van der Waals surface area contributed by atoms with E-state index < -0.39 is 12.2 Å². The topological polar surface area (TPSA) is 148 Å². The first-order valence-corrected chi connectivity index (χ1v) is 12.4. The first-order chi connectivity index (χ1) is 17.9. The lowest BCUT2D eigenvalue weighted by Crippen LogP contribution is -2.43. The number of primary amides is 1. The van der Waals surface area contributed by atoms with E-state index in [-0.39, 0.29) is 29.0 Å². The highest BCUT2D eigenvalue weighted by molar-refractivity contribution is 5.99. The van der Waals surface area contributed by atoms with Crippen LogP contribution in [0, 0.1) is 11.3 Å². The molecule has 1 saturated carbocycles. The molecule has 0 aliphatic heterocycles. The van der Waals surface area contributed by atoms with Crippen molar-refractivity contribution in [1.29, 1.82) is 5.26 Å². The van der Waals surface area contributed by atoms with Gasteiger partial charge in [-0.2, -0.15) is 5.26 Å². The number of ether oxygens (including phenoxy) is 2. The third kappa shape index (κ3) is 6.97. The third-order valence-corrected chi connectivity index (χ3v) is 6.28. The number of rotatable bonds is 10. The fourth-order valence-corrected chi connectivity index (χ4v) is 4.30. The quantitative estimate of drug-likeness (QED) is 0.299. The summed E-state index contributed by atoms with van der Waals surface area (Å²) in [5, 5.41) is 16.1. The molecule has 0 bridgehead atoms. The summed E-state index contributed by atoms with van der Waals surface area (Å²) >= 11 is 0. The predicted octanol–water partition coefficient (Wildman–Crippen LogP) is 4.42. The van der Waals surface area contributed by atoms with Gasteiger partial charge in [0.2, 0.25) is 0 Å². The number of carbonyl (C=O) groups excluding carboxylic acids is 1. The monoisotopic (exact) mass is 500 g/mol. The third-order valence-electron chi connectivity index (χ3n) is 6.28. The summed E-state index contributed by atoms with van der Waals surface area (Å²) in [7, 11) is 0. The Morgan fingerprint density at radius 2 is 1.92 bits per heavy atom. The maximum Gasteiger partial charge on any atom is 0.252 e. The zero-order valence-electron chi connectivity index (χ0n) is 20.8.